The molecule has 2 nitrogen and oxygen atoms in total. The SMILES string of the molecule is O=C1c2cc3ccccc3nc2C=CC1[Si]. The summed E-state index contributed by atoms with van der Waals surface area (Å²) in [7, 11) is 3.38. The van der Waals surface area contributed by atoms with Crippen LogP contribution in [0, 0.1) is 0 Å². The van der Waals surface area contributed by atoms with Crippen LogP contribution in [-0.4, -0.2) is 21.0 Å². The van der Waals surface area contributed by atoms with Gasteiger partial charge in [-0.15, -0.1) is 0 Å². The second-order valence-corrected chi connectivity index (χ2v) is 4.44. The average Bonchev–Trinajstić information content (AvgIpc) is 2.32. The van der Waals surface area contributed by atoms with E-state index in [2.05, 4.69) is 15.2 Å². The number of carbonyl (C=O) groups excluding carboxylic acids is 1. The van der Waals surface area contributed by atoms with Gasteiger partial charge < -0.3 is 0 Å². The minimum atomic E-state index is -0.226. The fraction of sp³-hybridized carbons (Fsp3) is 0.0769. The lowest BCUT2D eigenvalue weighted by molar-refractivity contribution is 0.0995. The molecule has 3 heteroatoms. The van der Waals surface area contributed by atoms with Gasteiger partial charge >= 0.3 is 0 Å². The van der Waals surface area contributed by atoms with Crippen molar-refractivity contribution < 1.29 is 4.79 Å². The molecule has 2 aromatic rings. The van der Waals surface area contributed by atoms with E-state index in [1.807, 2.05) is 42.5 Å². The van der Waals surface area contributed by atoms with Gasteiger partial charge in [-0.1, -0.05) is 24.3 Å². The van der Waals surface area contributed by atoms with Crippen molar-refractivity contribution in [2.45, 2.75) is 5.54 Å². The van der Waals surface area contributed by atoms with Gasteiger partial charge in [-0.3, -0.25) is 4.79 Å². The molecule has 0 aliphatic heterocycles. The molecule has 16 heavy (non-hydrogen) atoms. The van der Waals surface area contributed by atoms with Crippen molar-refractivity contribution in [2.75, 3.05) is 0 Å². The number of aromatic nitrogens is 1. The number of hydrogen-bond acceptors (Lipinski definition) is 2. The fourth-order valence-corrected chi connectivity index (χ4v) is 2.15. The largest absolute Gasteiger partial charge is 0.294 e. The van der Waals surface area contributed by atoms with Crippen molar-refractivity contribution in [3.63, 3.8) is 0 Å². The normalized spacial score (nSPS) is 18.8. The highest BCUT2D eigenvalue weighted by atomic mass is 28.1. The third-order valence-corrected chi connectivity index (χ3v) is 3.20. The first-order valence-electron chi connectivity index (χ1n) is 5.09. The minimum Gasteiger partial charge on any atom is -0.294 e. The van der Waals surface area contributed by atoms with E-state index < -0.39 is 0 Å². The highest BCUT2D eigenvalue weighted by molar-refractivity contribution is 6.31. The van der Waals surface area contributed by atoms with Crippen LogP contribution < -0.4 is 0 Å². The molecule has 1 aliphatic carbocycles. The number of rotatable bonds is 0. The van der Waals surface area contributed by atoms with Gasteiger partial charge in [0.15, 0.2) is 5.78 Å². The Morgan fingerprint density at radius 1 is 1.25 bits per heavy atom. The Bertz CT molecular complexity index is 618. The van der Waals surface area contributed by atoms with Crippen LogP contribution >= 0.6 is 0 Å². The summed E-state index contributed by atoms with van der Waals surface area (Å²) >= 11 is 0. The Balaban J connectivity index is 2.33. The summed E-state index contributed by atoms with van der Waals surface area (Å²) in [5.41, 5.74) is 2.15. The lowest BCUT2D eigenvalue weighted by atomic mass is 9.98. The van der Waals surface area contributed by atoms with Gasteiger partial charge in [-0.25, -0.2) is 4.98 Å². The quantitative estimate of drug-likeness (QED) is 0.641. The predicted octanol–water partition coefficient (Wildman–Crippen LogP) is 2.40. The van der Waals surface area contributed by atoms with Crippen LogP contribution in [0.5, 0.6) is 0 Å². The molecule has 1 atom stereocenters. The van der Waals surface area contributed by atoms with Gasteiger partial charge in [0.1, 0.15) is 0 Å². The van der Waals surface area contributed by atoms with E-state index in [0.717, 1.165) is 16.6 Å². The maximum Gasteiger partial charge on any atom is 0.168 e. The first-order valence-corrected chi connectivity index (χ1v) is 5.67. The second kappa shape index (κ2) is 3.38. The van der Waals surface area contributed by atoms with Gasteiger partial charge in [0.05, 0.1) is 11.2 Å². The van der Waals surface area contributed by atoms with E-state index in [0.29, 0.717) is 5.56 Å². The standard InChI is InChI=1S/C13H8NOSi/c15-13-9-7-8-3-1-2-4-10(8)14-11(9)5-6-12(13)16/h1-7,12H. The number of carbonyl (C=O) groups is 1. The van der Waals surface area contributed by atoms with Gasteiger partial charge in [0, 0.05) is 26.7 Å². The number of fused-ring (bicyclic) bond motifs is 2. The molecule has 0 saturated carbocycles. The zero-order valence-corrected chi connectivity index (χ0v) is 9.47. The van der Waals surface area contributed by atoms with Crippen molar-refractivity contribution in [3.8, 4) is 0 Å². The maximum atomic E-state index is 11.9. The van der Waals surface area contributed by atoms with Crippen molar-refractivity contribution in [1.29, 1.82) is 0 Å². The Hall–Kier alpha value is -1.74. The van der Waals surface area contributed by atoms with Crippen LogP contribution in [0.2, 0.25) is 5.54 Å². The first-order chi connectivity index (χ1) is 7.75. The molecule has 3 rings (SSSR count). The number of para-hydroxylation sites is 1. The summed E-state index contributed by atoms with van der Waals surface area (Å²) in [5, 5.41) is 1.00. The number of nitrogens with zero attached hydrogens (tertiary/aromatic N) is 1. The summed E-state index contributed by atoms with van der Waals surface area (Å²) in [6.07, 6.45) is 3.71. The molecule has 3 radical (unpaired) electrons. The van der Waals surface area contributed by atoms with E-state index >= 15 is 0 Å². The maximum absolute atomic E-state index is 11.9. The summed E-state index contributed by atoms with van der Waals surface area (Å²) in [6, 6.07) is 9.73. The number of allylic oxidation sites excluding steroid dienone is 1. The lowest BCUT2D eigenvalue weighted by Gasteiger charge is -2.14. The molecular formula is C13H8NOSi. The first kappa shape index (κ1) is 9.48. The Morgan fingerprint density at radius 2 is 2.06 bits per heavy atom. The molecule has 0 amide bonds. The molecule has 0 spiro atoms. The Kier molecular flexibility index (Phi) is 2.01. The van der Waals surface area contributed by atoms with Gasteiger partial charge in [-0.2, -0.15) is 0 Å². The third kappa shape index (κ3) is 1.32. The monoisotopic (exact) mass is 222 g/mol. The van der Waals surface area contributed by atoms with Crippen LogP contribution in [0.4, 0.5) is 0 Å². The third-order valence-electron chi connectivity index (χ3n) is 2.75. The molecular weight excluding hydrogens is 214 g/mol. The smallest absolute Gasteiger partial charge is 0.168 e. The van der Waals surface area contributed by atoms with E-state index in [9.17, 15) is 4.79 Å². The van der Waals surface area contributed by atoms with Crippen LogP contribution in [-0.2, 0) is 0 Å². The summed E-state index contributed by atoms with van der Waals surface area (Å²) < 4.78 is 0. The zero-order valence-electron chi connectivity index (χ0n) is 8.47. The van der Waals surface area contributed by atoms with Crippen molar-refractivity contribution in [3.05, 3.63) is 47.7 Å². The van der Waals surface area contributed by atoms with Gasteiger partial charge in [-0.05, 0) is 18.2 Å². The van der Waals surface area contributed by atoms with E-state index in [4.69, 9.17) is 0 Å². The highest BCUT2D eigenvalue weighted by Gasteiger charge is 2.20. The fourth-order valence-electron chi connectivity index (χ4n) is 1.90. The van der Waals surface area contributed by atoms with Gasteiger partial charge in [0.2, 0.25) is 0 Å². The molecule has 0 fully saturated rings. The van der Waals surface area contributed by atoms with Crippen LogP contribution in [0.1, 0.15) is 16.1 Å². The molecule has 1 unspecified atom stereocenters. The molecule has 75 valence electrons. The van der Waals surface area contributed by atoms with E-state index in [1.165, 1.54) is 0 Å². The predicted molar refractivity (Wildman–Crippen MR) is 64.6 cm³/mol. The van der Waals surface area contributed by atoms with E-state index in [1.54, 1.807) is 0 Å². The summed E-state index contributed by atoms with van der Waals surface area (Å²) in [5.74, 6) is 0.0763. The average molecular weight is 222 g/mol. The molecule has 1 aromatic heterocycles. The number of pyridine rings is 1. The molecule has 0 saturated heterocycles. The Labute approximate surface area is 96.4 Å². The van der Waals surface area contributed by atoms with E-state index in [-0.39, 0.29) is 11.3 Å². The van der Waals surface area contributed by atoms with Crippen LogP contribution in [0.25, 0.3) is 17.0 Å². The second-order valence-electron chi connectivity index (χ2n) is 3.81. The van der Waals surface area contributed by atoms with Crippen LogP contribution in [0.15, 0.2) is 36.4 Å². The topological polar surface area (TPSA) is 30.0 Å². The molecule has 0 N–H and O–H groups in total. The summed E-state index contributed by atoms with van der Waals surface area (Å²) in [4.78, 5) is 16.4. The highest BCUT2D eigenvalue weighted by Crippen LogP contribution is 2.26. The number of Topliss-reactive ketones (excluding diaryl/α,β-unsaturated/α-hetero) is 1. The Morgan fingerprint density at radius 3 is 2.94 bits per heavy atom. The minimum absolute atomic E-state index is 0.0763. The van der Waals surface area contributed by atoms with Crippen molar-refractivity contribution >= 4 is 33.0 Å². The molecule has 1 aromatic carbocycles. The molecule has 1 heterocycles. The van der Waals surface area contributed by atoms with Crippen molar-refractivity contribution in [1.82, 2.24) is 4.98 Å². The van der Waals surface area contributed by atoms with Gasteiger partial charge in [0.25, 0.3) is 0 Å². The number of benzene rings is 1. The number of hydrogen-bond donors (Lipinski definition) is 0. The zero-order chi connectivity index (χ0) is 11.1. The molecule has 0 bridgehead atoms. The van der Waals surface area contributed by atoms with Crippen LogP contribution in [0.3, 0.4) is 0 Å². The van der Waals surface area contributed by atoms with Crippen molar-refractivity contribution in [2.24, 2.45) is 0 Å². The summed E-state index contributed by atoms with van der Waals surface area (Å²) in [6.45, 7) is 0. The number of ketones is 1. The molecule has 1 aliphatic rings. The lowest BCUT2D eigenvalue weighted by Crippen LogP contribution is -2.13.